The molecule has 1 amide bonds. The van der Waals surface area contributed by atoms with E-state index in [9.17, 15) is 15.0 Å². The standard InChI is InChI=1S/C27H22ClNO3/c1-17-14-22(28)9-12-24(17)20-6-10-23(11-7-20)29-27(32)15-18-2-4-19(5-3-18)21-8-13-25(30)26(31)16-21/h2-14,16,30-31H,15H2,1H3,(H,29,32). The molecule has 0 unspecified atom stereocenters. The molecule has 0 aliphatic carbocycles. The molecule has 3 N–H and O–H groups in total. The van der Waals surface area contributed by atoms with Gasteiger partial charge < -0.3 is 15.5 Å². The monoisotopic (exact) mass is 443 g/mol. The minimum Gasteiger partial charge on any atom is -0.504 e. The zero-order chi connectivity index (χ0) is 22.7. The van der Waals surface area contributed by atoms with Gasteiger partial charge in [0.1, 0.15) is 0 Å². The van der Waals surface area contributed by atoms with Crippen LogP contribution < -0.4 is 5.32 Å². The van der Waals surface area contributed by atoms with Crippen LogP contribution in [0.3, 0.4) is 0 Å². The van der Waals surface area contributed by atoms with Gasteiger partial charge >= 0.3 is 0 Å². The second-order valence-electron chi connectivity index (χ2n) is 7.66. The molecule has 0 atom stereocenters. The van der Waals surface area contributed by atoms with E-state index in [1.165, 1.54) is 12.1 Å². The van der Waals surface area contributed by atoms with E-state index in [0.717, 1.165) is 39.1 Å². The number of anilines is 1. The van der Waals surface area contributed by atoms with Crippen LogP contribution in [-0.4, -0.2) is 16.1 Å². The summed E-state index contributed by atoms with van der Waals surface area (Å²) in [6, 6.07) is 25.8. The number of aromatic hydroxyl groups is 2. The summed E-state index contributed by atoms with van der Waals surface area (Å²) >= 11 is 6.04. The third kappa shape index (κ3) is 4.93. The molecule has 0 saturated carbocycles. The van der Waals surface area contributed by atoms with Crippen LogP contribution in [0, 0.1) is 6.92 Å². The van der Waals surface area contributed by atoms with Crippen molar-refractivity contribution in [3.63, 3.8) is 0 Å². The number of amides is 1. The zero-order valence-corrected chi connectivity index (χ0v) is 18.2. The van der Waals surface area contributed by atoms with Crippen molar-refractivity contribution in [1.82, 2.24) is 0 Å². The summed E-state index contributed by atoms with van der Waals surface area (Å²) in [6.45, 7) is 2.02. The molecule has 0 heterocycles. The van der Waals surface area contributed by atoms with Crippen LogP contribution in [0.4, 0.5) is 5.69 Å². The Hall–Kier alpha value is -3.76. The molecular weight excluding hydrogens is 422 g/mol. The number of aryl methyl sites for hydroxylation is 1. The zero-order valence-electron chi connectivity index (χ0n) is 17.5. The number of benzene rings is 4. The second kappa shape index (κ2) is 9.16. The fourth-order valence-corrected chi connectivity index (χ4v) is 3.82. The summed E-state index contributed by atoms with van der Waals surface area (Å²) in [6.07, 6.45) is 0.249. The minimum absolute atomic E-state index is 0.101. The van der Waals surface area contributed by atoms with Gasteiger partial charge in [0.05, 0.1) is 6.42 Å². The van der Waals surface area contributed by atoms with Crippen LogP contribution in [0.15, 0.2) is 84.9 Å². The maximum Gasteiger partial charge on any atom is 0.228 e. The Labute approximate surface area is 191 Å². The molecule has 0 fully saturated rings. The normalized spacial score (nSPS) is 10.7. The highest BCUT2D eigenvalue weighted by molar-refractivity contribution is 6.30. The van der Waals surface area contributed by atoms with Crippen LogP contribution >= 0.6 is 11.6 Å². The number of carbonyl (C=O) groups excluding carboxylic acids is 1. The van der Waals surface area contributed by atoms with E-state index in [2.05, 4.69) is 5.32 Å². The van der Waals surface area contributed by atoms with E-state index in [4.69, 9.17) is 11.6 Å². The van der Waals surface area contributed by atoms with E-state index in [1.54, 1.807) is 6.07 Å². The average molecular weight is 444 g/mol. The van der Waals surface area contributed by atoms with Crippen molar-refractivity contribution in [3.05, 3.63) is 101 Å². The lowest BCUT2D eigenvalue weighted by Gasteiger charge is -2.10. The molecule has 0 aliphatic heterocycles. The van der Waals surface area contributed by atoms with Crippen LogP contribution in [0.25, 0.3) is 22.3 Å². The fraction of sp³-hybridized carbons (Fsp3) is 0.0741. The molecule has 0 spiro atoms. The molecule has 4 aromatic carbocycles. The first-order valence-electron chi connectivity index (χ1n) is 10.2. The lowest BCUT2D eigenvalue weighted by molar-refractivity contribution is -0.115. The number of phenolic OH excluding ortho intramolecular Hbond substituents is 2. The molecule has 32 heavy (non-hydrogen) atoms. The quantitative estimate of drug-likeness (QED) is 0.305. The van der Waals surface area contributed by atoms with Gasteiger partial charge in [0.2, 0.25) is 5.91 Å². The van der Waals surface area contributed by atoms with Gasteiger partial charge in [-0.1, -0.05) is 60.1 Å². The van der Waals surface area contributed by atoms with E-state index < -0.39 is 0 Å². The first-order chi connectivity index (χ1) is 15.4. The number of carbonyl (C=O) groups is 1. The predicted molar refractivity (Wildman–Crippen MR) is 129 cm³/mol. The molecule has 0 aromatic heterocycles. The number of phenols is 2. The molecule has 0 bridgehead atoms. The van der Waals surface area contributed by atoms with Crippen LogP contribution in [0.2, 0.25) is 5.02 Å². The van der Waals surface area contributed by atoms with Crippen molar-refractivity contribution in [3.8, 4) is 33.8 Å². The number of hydrogen-bond donors (Lipinski definition) is 3. The van der Waals surface area contributed by atoms with Crippen LogP contribution in [-0.2, 0) is 11.2 Å². The fourth-order valence-electron chi connectivity index (χ4n) is 3.59. The van der Waals surface area contributed by atoms with Crippen molar-refractivity contribution in [2.75, 3.05) is 5.32 Å². The summed E-state index contributed by atoms with van der Waals surface area (Å²) in [5.74, 6) is -0.419. The van der Waals surface area contributed by atoms with Gasteiger partial charge in [0, 0.05) is 10.7 Å². The largest absolute Gasteiger partial charge is 0.504 e. The van der Waals surface area contributed by atoms with E-state index >= 15 is 0 Å². The van der Waals surface area contributed by atoms with E-state index in [1.807, 2.05) is 73.7 Å². The van der Waals surface area contributed by atoms with Crippen LogP contribution in [0.1, 0.15) is 11.1 Å². The smallest absolute Gasteiger partial charge is 0.228 e. The number of hydrogen-bond acceptors (Lipinski definition) is 3. The molecule has 0 radical (unpaired) electrons. The molecule has 0 saturated heterocycles. The Morgan fingerprint density at radius 2 is 1.44 bits per heavy atom. The lowest BCUT2D eigenvalue weighted by atomic mass is 10.0. The molecule has 4 aromatic rings. The maximum atomic E-state index is 12.5. The highest BCUT2D eigenvalue weighted by atomic mass is 35.5. The van der Waals surface area contributed by atoms with Crippen LogP contribution in [0.5, 0.6) is 11.5 Å². The summed E-state index contributed by atoms with van der Waals surface area (Å²) in [5.41, 5.74) is 6.55. The highest BCUT2D eigenvalue weighted by Crippen LogP contribution is 2.31. The Balaban J connectivity index is 1.39. The first-order valence-corrected chi connectivity index (χ1v) is 10.5. The summed E-state index contributed by atoms with van der Waals surface area (Å²) < 4.78 is 0. The topological polar surface area (TPSA) is 69.6 Å². The van der Waals surface area contributed by atoms with E-state index in [-0.39, 0.29) is 23.8 Å². The summed E-state index contributed by atoms with van der Waals surface area (Å²) in [5, 5.41) is 22.8. The van der Waals surface area contributed by atoms with Gasteiger partial charge in [-0.15, -0.1) is 0 Å². The van der Waals surface area contributed by atoms with Gasteiger partial charge in [-0.05, 0) is 76.7 Å². The summed E-state index contributed by atoms with van der Waals surface area (Å²) in [7, 11) is 0. The molecular formula is C27H22ClNO3. The number of rotatable bonds is 5. The Morgan fingerprint density at radius 3 is 2.09 bits per heavy atom. The average Bonchev–Trinajstić information content (AvgIpc) is 2.77. The Bertz CT molecular complexity index is 1270. The Morgan fingerprint density at radius 1 is 0.781 bits per heavy atom. The van der Waals surface area contributed by atoms with Gasteiger partial charge in [0.15, 0.2) is 11.5 Å². The van der Waals surface area contributed by atoms with Gasteiger partial charge in [-0.2, -0.15) is 0 Å². The van der Waals surface area contributed by atoms with Crippen molar-refractivity contribution in [2.24, 2.45) is 0 Å². The third-order valence-corrected chi connectivity index (χ3v) is 5.53. The predicted octanol–water partition coefficient (Wildman–Crippen LogP) is 6.57. The van der Waals surface area contributed by atoms with Crippen molar-refractivity contribution in [1.29, 1.82) is 0 Å². The molecule has 4 rings (SSSR count). The second-order valence-corrected chi connectivity index (χ2v) is 8.10. The maximum absolute atomic E-state index is 12.5. The molecule has 160 valence electrons. The van der Waals surface area contributed by atoms with Crippen molar-refractivity contribution in [2.45, 2.75) is 13.3 Å². The van der Waals surface area contributed by atoms with Gasteiger partial charge in [-0.3, -0.25) is 4.79 Å². The van der Waals surface area contributed by atoms with E-state index in [0.29, 0.717) is 5.02 Å². The number of halogens is 1. The third-order valence-electron chi connectivity index (χ3n) is 5.30. The number of nitrogens with one attached hydrogen (secondary N) is 1. The van der Waals surface area contributed by atoms with Gasteiger partial charge in [-0.25, -0.2) is 0 Å². The Kier molecular flexibility index (Phi) is 6.15. The molecule has 0 aliphatic rings. The van der Waals surface area contributed by atoms with Crippen molar-refractivity contribution < 1.29 is 15.0 Å². The SMILES string of the molecule is Cc1cc(Cl)ccc1-c1ccc(NC(=O)Cc2ccc(-c3ccc(O)c(O)c3)cc2)cc1. The lowest BCUT2D eigenvalue weighted by Crippen LogP contribution is -2.14. The van der Waals surface area contributed by atoms with Crippen molar-refractivity contribution >= 4 is 23.2 Å². The highest BCUT2D eigenvalue weighted by Gasteiger charge is 2.08. The summed E-state index contributed by atoms with van der Waals surface area (Å²) in [4.78, 5) is 12.5. The first kappa shape index (κ1) is 21.5. The molecule has 5 heteroatoms. The van der Waals surface area contributed by atoms with Gasteiger partial charge in [0.25, 0.3) is 0 Å². The molecule has 4 nitrogen and oxygen atoms in total. The minimum atomic E-state index is -0.164.